The van der Waals surface area contributed by atoms with E-state index in [4.69, 9.17) is 16.7 Å². The van der Waals surface area contributed by atoms with E-state index in [0.29, 0.717) is 17.3 Å². The Morgan fingerprint density at radius 1 is 1.53 bits per heavy atom. The van der Waals surface area contributed by atoms with Gasteiger partial charge in [-0.05, 0) is 12.5 Å². The molecule has 1 unspecified atom stereocenters. The smallest absolute Gasteiger partial charge is 0.308 e. The Morgan fingerprint density at radius 2 is 2.16 bits per heavy atom. The highest BCUT2D eigenvalue weighted by Crippen LogP contribution is 2.16. The van der Waals surface area contributed by atoms with Crippen LogP contribution in [0.3, 0.4) is 0 Å². The highest BCUT2D eigenvalue weighted by molar-refractivity contribution is 6.31. The quantitative estimate of drug-likeness (QED) is 0.873. The molecule has 0 aliphatic heterocycles. The molecule has 0 fully saturated rings. The molecule has 0 radical (unpaired) electrons. The number of halogens is 1. The molecule has 1 heterocycles. The monoisotopic (exact) mass is 286 g/mol. The SMILES string of the molecule is CCCn1cc(Cl)cc1C(=O)N(C)CC(C)C(=O)O. The van der Waals surface area contributed by atoms with E-state index in [1.807, 2.05) is 6.92 Å². The van der Waals surface area contributed by atoms with Crippen molar-refractivity contribution in [2.75, 3.05) is 13.6 Å². The molecule has 1 N–H and O–H groups in total. The van der Waals surface area contributed by atoms with Crippen molar-refractivity contribution < 1.29 is 14.7 Å². The molecule has 6 heteroatoms. The Hall–Kier alpha value is -1.49. The second-order valence-electron chi connectivity index (χ2n) is 4.66. The van der Waals surface area contributed by atoms with Crippen LogP contribution in [0, 0.1) is 5.92 Å². The lowest BCUT2D eigenvalue weighted by molar-refractivity contribution is -0.141. The average Bonchev–Trinajstić information content (AvgIpc) is 2.69. The molecule has 0 aliphatic carbocycles. The van der Waals surface area contributed by atoms with Crippen LogP contribution < -0.4 is 0 Å². The number of carboxylic acids is 1. The summed E-state index contributed by atoms with van der Waals surface area (Å²) in [5, 5.41) is 9.37. The summed E-state index contributed by atoms with van der Waals surface area (Å²) in [5.41, 5.74) is 0.493. The first-order valence-corrected chi connectivity index (χ1v) is 6.58. The number of aliphatic carboxylic acids is 1. The highest BCUT2D eigenvalue weighted by atomic mass is 35.5. The van der Waals surface area contributed by atoms with Gasteiger partial charge in [0.05, 0.1) is 10.9 Å². The van der Waals surface area contributed by atoms with E-state index < -0.39 is 11.9 Å². The zero-order valence-electron chi connectivity index (χ0n) is 11.4. The van der Waals surface area contributed by atoms with Gasteiger partial charge in [0.15, 0.2) is 0 Å². The van der Waals surface area contributed by atoms with E-state index in [9.17, 15) is 9.59 Å². The van der Waals surface area contributed by atoms with Gasteiger partial charge in [-0.1, -0.05) is 25.4 Å². The number of hydrogen-bond donors (Lipinski definition) is 1. The van der Waals surface area contributed by atoms with Gasteiger partial charge in [0.1, 0.15) is 5.69 Å². The molecule has 5 nitrogen and oxygen atoms in total. The van der Waals surface area contributed by atoms with Crippen molar-refractivity contribution in [2.45, 2.75) is 26.8 Å². The van der Waals surface area contributed by atoms with E-state index in [1.165, 1.54) is 4.90 Å². The minimum absolute atomic E-state index is 0.170. The lowest BCUT2D eigenvalue weighted by Crippen LogP contribution is -2.34. The van der Waals surface area contributed by atoms with E-state index in [1.54, 1.807) is 30.8 Å². The van der Waals surface area contributed by atoms with Gasteiger partial charge in [0.2, 0.25) is 0 Å². The van der Waals surface area contributed by atoms with Gasteiger partial charge in [0, 0.05) is 26.3 Å². The zero-order valence-corrected chi connectivity index (χ0v) is 12.1. The van der Waals surface area contributed by atoms with Crippen molar-refractivity contribution in [2.24, 2.45) is 5.92 Å². The first-order chi connectivity index (χ1) is 8.86. The summed E-state index contributed by atoms with van der Waals surface area (Å²) in [6, 6.07) is 1.61. The van der Waals surface area contributed by atoms with Gasteiger partial charge in [-0.3, -0.25) is 9.59 Å². The van der Waals surface area contributed by atoms with E-state index in [-0.39, 0.29) is 12.5 Å². The van der Waals surface area contributed by atoms with E-state index in [2.05, 4.69) is 0 Å². The first kappa shape index (κ1) is 15.6. The zero-order chi connectivity index (χ0) is 14.6. The molecule has 1 amide bonds. The van der Waals surface area contributed by atoms with Gasteiger partial charge in [-0.15, -0.1) is 0 Å². The summed E-state index contributed by atoms with van der Waals surface area (Å²) in [4.78, 5) is 24.5. The number of hydrogen-bond acceptors (Lipinski definition) is 2. The lowest BCUT2D eigenvalue weighted by Gasteiger charge is -2.20. The third kappa shape index (κ3) is 3.99. The molecule has 0 aliphatic rings. The van der Waals surface area contributed by atoms with Crippen LogP contribution in [0.2, 0.25) is 5.02 Å². The Bertz CT molecular complexity index is 470. The number of carboxylic acid groups (broad SMARTS) is 1. The summed E-state index contributed by atoms with van der Waals surface area (Å²) in [5.74, 6) is -1.73. The molecule has 19 heavy (non-hydrogen) atoms. The molecule has 1 atom stereocenters. The summed E-state index contributed by atoms with van der Waals surface area (Å²) in [7, 11) is 1.60. The first-order valence-electron chi connectivity index (χ1n) is 6.20. The third-order valence-corrected chi connectivity index (χ3v) is 3.07. The van der Waals surface area contributed by atoms with Crippen molar-refractivity contribution >= 4 is 23.5 Å². The average molecular weight is 287 g/mol. The van der Waals surface area contributed by atoms with Crippen molar-refractivity contribution in [3.63, 3.8) is 0 Å². The minimum atomic E-state index is -0.915. The van der Waals surface area contributed by atoms with E-state index in [0.717, 1.165) is 6.42 Å². The summed E-state index contributed by atoms with van der Waals surface area (Å²) >= 11 is 5.92. The van der Waals surface area contributed by atoms with Gasteiger partial charge in [0.25, 0.3) is 5.91 Å². The fourth-order valence-corrected chi connectivity index (χ4v) is 2.07. The standard InChI is InChI=1S/C13H19ClN2O3/c1-4-5-16-8-10(14)6-11(16)12(17)15(3)7-9(2)13(18)19/h6,8-9H,4-5,7H2,1-3H3,(H,18,19). The molecular weight excluding hydrogens is 268 g/mol. The predicted molar refractivity (Wildman–Crippen MR) is 73.5 cm³/mol. The number of carbonyl (C=O) groups excluding carboxylic acids is 1. The maximum atomic E-state index is 12.3. The van der Waals surface area contributed by atoms with Crippen LogP contribution in [-0.4, -0.2) is 40.0 Å². The van der Waals surface area contributed by atoms with Gasteiger partial charge in [-0.25, -0.2) is 0 Å². The topological polar surface area (TPSA) is 62.5 Å². The maximum Gasteiger partial charge on any atom is 0.308 e. The third-order valence-electron chi connectivity index (χ3n) is 2.86. The van der Waals surface area contributed by atoms with Crippen LogP contribution in [-0.2, 0) is 11.3 Å². The Balaban J connectivity index is 2.84. The van der Waals surface area contributed by atoms with Crippen LogP contribution in [0.5, 0.6) is 0 Å². The fourth-order valence-electron chi connectivity index (χ4n) is 1.85. The van der Waals surface area contributed by atoms with Crippen LogP contribution in [0.15, 0.2) is 12.3 Å². The Labute approximate surface area is 117 Å². The largest absolute Gasteiger partial charge is 0.481 e. The van der Waals surface area contributed by atoms with Gasteiger partial charge >= 0.3 is 5.97 Å². The summed E-state index contributed by atoms with van der Waals surface area (Å²) in [6.45, 7) is 4.46. The Morgan fingerprint density at radius 3 is 2.68 bits per heavy atom. The molecule has 0 spiro atoms. The number of aryl methyl sites for hydroxylation is 1. The van der Waals surface area contributed by atoms with E-state index >= 15 is 0 Å². The molecule has 0 saturated heterocycles. The van der Waals surface area contributed by atoms with Crippen molar-refractivity contribution in [1.29, 1.82) is 0 Å². The number of nitrogens with zero attached hydrogens (tertiary/aromatic N) is 2. The van der Waals surface area contributed by atoms with Crippen LogP contribution in [0.25, 0.3) is 0 Å². The summed E-state index contributed by atoms with van der Waals surface area (Å²) < 4.78 is 1.80. The normalized spacial score (nSPS) is 12.2. The molecule has 0 saturated carbocycles. The van der Waals surface area contributed by atoms with Crippen LogP contribution in [0.4, 0.5) is 0 Å². The molecular formula is C13H19ClN2O3. The number of carbonyl (C=O) groups is 2. The highest BCUT2D eigenvalue weighted by Gasteiger charge is 2.21. The maximum absolute atomic E-state index is 12.3. The second kappa shape index (κ2) is 6.61. The minimum Gasteiger partial charge on any atom is -0.481 e. The number of amides is 1. The Kier molecular flexibility index (Phi) is 5.42. The summed E-state index contributed by atoms with van der Waals surface area (Å²) in [6.07, 6.45) is 2.60. The number of aromatic nitrogens is 1. The van der Waals surface area contributed by atoms with Crippen molar-refractivity contribution in [1.82, 2.24) is 9.47 Å². The molecule has 1 rings (SSSR count). The van der Waals surface area contributed by atoms with Crippen molar-refractivity contribution in [3.05, 3.63) is 23.0 Å². The predicted octanol–water partition coefficient (Wildman–Crippen LogP) is 2.34. The molecule has 0 aromatic carbocycles. The van der Waals surface area contributed by atoms with Gasteiger partial charge in [-0.2, -0.15) is 0 Å². The van der Waals surface area contributed by atoms with Gasteiger partial charge < -0.3 is 14.6 Å². The molecule has 0 bridgehead atoms. The fraction of sp³-hybridized carbons (Fsp3) is 0.538. The molecule has 1 aromatic rings. The van der Waals surface area contributed by atoms with Crippen LogP contribution in [0.1, 0.15) is 30.8 Å². The second-order valence-corrected chi connectivity index (χ2v) is 5.10. The molecule has 106 valence electrons. The number of rotatable bonds is 6. The van der Waals surface area contributed by atoms with Crippen LogP contribution >= 0.6 is 11.6 Å². The van der Waals surface area contributed by atoms with Crippen molar-refractivity contribution in [3.8, 4) is 0 Å². The molecule has 1 aromatic heterocycles. The lowest BCUT2D eigenvalue weighted by atomic mass is 10.1.